The zero-order chi connectivity index (χ0) is 12.1. The molecule has 0 aromatic carbocycles. The van der Waals surface area contributed by atoms with E-state index in [0.29, 0.717) is 0 Å². The van der Waals surface area contributed by atoms with Crippen LogP contribution in [0.5, 0.6) is 0 Å². The summed E-state index contributed by atoms with van der Waals surface area (Å²) in [4.78, 5) is 0. The third-order valence-electron chi connectivity index (χ3n) is 5.74. The molecule has 0 saturated heterocycles. The van der Waals surface area contributed by atoms with Crippen molar-refractivity contribution in [1.29, 1.82) is 0 Å². The molecule has 0 aromatic rings. The standard InChI is InChI=1S/C18H22/c1-12-14-7-4-5-9-17(14)18-15(12)11-10-13-6-2-3-8-16(13)18/h4-5,7,9-12,14-15,17-18H,2-3,6,8H2,1H3. The Bertz CT molecular complexity index is 474. The Morgan fingerprint density at radius 1 is 0.889 bits per heavy atom. The quantitative estimate of drug-likeness (QED) is 0.575. The zero-order valence-corrected chi connectivity index (χ0v) is 11.2. The first-order valence-corrected chi connectivity index (χ1v) is 7.61. The molecule has 0 aromatic heterocycles. The lowest BCUT2D eigenvalue weighted by Crippen LogP contribution is -2.23. The molecule has 18 heavy (non-hydrogen) atoms. The predicted molar refractivity (Wildman–Crippen MR) is 76.0 cm³/mol. The molecular formula is C18H22. The predicted octanol–water partition coefficient (Wildman–Crippen LogP) is 4.67. The van der Waals surface area contributed by atoms with Gasteiger partial charge in [0.15, 0.2) is 0 Å². The van der Waals surface area contributed by atoms with E-state index in [0.717, 1.165) is 29.6 Å². The fourth-order valence-electron chi connectivity index (χ4n) is 4.88. The van der Waals surface area contributed by atoms with Crippen LogP contribution in [0.15, 0.2) is 47.6 Å². The van der Waals surface area contributed by atoms with Gasteiger partial charge in [0.1, 0.15) is 0 Å². The van der Waals surface area contributed by atoms with Crippen molar-refractivity contribution in [3.63, 3.8) is 0 Å². The normalized spacial score (nSPS) is 44.8. The van der Waals surface area contributed by atoms with Crippen LogP contribution >= 0.6 is 0 Å². The first-order valence-electron chi connectivity index (χ1n) is 7.61. The minimum absolute atomic E-state index is 0.781. The lowest BCUT2D eigenvalue weighted by atomic mass is 9.71. The molecule has 4 aliphatic carbocycles. The largest absolute Gasteiger partial charge is 0.0805 e. The molecule has 4 aliphatic rings. The van der Waals surface area contributed by atoms with Gasteiger partial charge in [0, 0.05) is 0 Å². The Labute approximate surface area is 110 Å². The van der Waals surface area contributed by atoms with Gasteiger partial charge < -0.3 is 0 Å². The summed E-state index contributed by atoms with van der Waals surface area (Å²) < 4.78 is 0. The molecule has 4 rings (SSSR count). The van der Waals surface area contributed by atoms with Crippen LogP contribution in [0.3, 0.4) is 0 Å². The van der Waals surface area contributed by atoms with Crippen LogP contribution in [0, 0.1) is 29.6 Å². The highest BCUT2D eigenvalue weighted by Gasteiger charge is 2.48. The Morgan fingerprint density at radius 2 is 1.67 bits per heavy atom. The van der Waals surface area contributed by atoms with E-state index in [4.69, 9.17) is 0 Å². The molecule has 0 bridgehead atoms. The minimum Gasteiger partial charge on any atom is -0.0805 e. The molecule has 94 valence electrons. The number of hydrogen-bond acceptors (Lipinski definition) is 0. The van der Waals surface area contributed by atoms with E-state index in [9.17, 15) is 0 Å². The average molecular weight is 238 g/mol. The Hall–Kier alpha value is -1.04. The van der Waals surface area contributed by atoms with E-state index in [-0.39, 0.29) is 0 Å². The molecule has 0 heteroatoms. The summed E-state index contributed by atoms with van der Waals surface area (Å²) in [6.07, 6.45) is 20.0. The number of fused-ring (bicyclic) bond motifs is 4. The van der Waals surface area contributed by atoms with E-state index in [2.05, 4.69) is 43.4 Å². The van der Waals surface area contributed by atoms with Gasteiger partial charge in [-0.3, -0.25) is 0 Å². The smallest absolute Gasteiger partial charge is 0.00627 e. The van der Waals surface area contributed by atoms with Gasteiger partial charge in [0.2, 0.25) is 0 Å². The maximum absolute atomic E-state index is 2.54. The lowest BCUT2D eigenvalue weighted by Gasteiger charge is -2.34. The van der Waals surface area contributed by atoms with Crippen molar-refractivity contribution in [3.05, 3.63) is 47.6 Å². The summed E-state index contributed by atoms with van der Waals surface area (Å²) in [5, 5.41) is 0. The zero-order valence-electron chi connectivity index (χ0n) is 11.2. The third-order valence-corrected chi connectivity index (χ3v) is 5.74. The molecule has 5 atom stereocenters. The van der Waals surface area contributed by atoms with Crippen molar-refractivity contribution in [1.82, 2.24) is 0 Å². The van der Waals surface area contributed by atoms with Crippen LogP contribution in [0.25, 0.3) is 0 Å². The first kappa shape index (κ1) is 10.8. The van der Waals surface area contributed by atoms with Gasteiger partial charge in [-0.15, -0.1) is 0 Å². The molecule has 1 fully saturated rings. The van der Waals surface area contributed by atoms with Gasteiger partial charge >= 0.3 is 0 Å². The van der Waals surface area contributed by atoms with Gasteiger partial charge in [0.25, 0.3) is 0 Å². The van der Waals surface area contributed by atoms with Gasteiger partial charge in [-0.05, 0) is 60.8 Å². The Kier molecular flexibility index (Phi) is 2.40. The summed E-state index contributed by atoms with van der Waals surface area (Å²) in [6, 6.07) is 0. The molecule has 5 unspecified atom stereocenters. The van der Waals surface area contributed by atoms with E-state index >= 15 is 0 Å². The second kappa shape index (κ2) is 3.98. The molecule has 1 saturated carbocycles. The molecule has 0 aliphatic heterocycles. The SMILES string of the molecule is CC1C2C=CC=CC2C2C3=C(C=CC12)CCCC3. The first-order chi connectivity index (χ1) is 8.86. The molecule has 0 nitrogen and oxygen atoms in total. The maximum Gasteiger partial charge on any atom is -0.00627 e. The number of hydrogen-bond donors (Lipinski definition) is 0. The Morgan fingerprint density at radius 3 is 2.56 bits per heavy atom. The molecule has 0 radical (unpaired) electrons. The van der Waals surface area contributed by atoms with E-state index in [1.54, 1.807) is 5.57 Å². The third kappa shape index (κ3) is 1.38. The van der Waals surface area contributed by atoms with Crippen molar-refractivity contribution in [3.8, 4) is 0 Å². The molecule has 0 amide bonds. The van der Waals surface area contributed by atoms with Crippen molar-refractivity contribution < 1.29 is 0 Å². The summed E-state index contributed by atoms with van der Waals surface area (Å²) in [6.45, 7) is 2.46. The number of rotatable bonds is 0. The summed E-state index contributed by atoms with van der Waals surface area (Å²) in [7, 11) is 0. The summed E-state index contributed by atoms with van der Waals surface area (Å²) >= 11 is 0. The fourth-order valence-corrected chi connectivity index (χ4v) is 4.88. The summed E-state index contributed by atoms with van der Waals surface area (Å²) in [5.41, 5.74) is 3.52. The second-order valence-corrected chi connectivity index (χ2v) is 6.50. The monoisotopic (exact) mass is 238 g/mol. The van der Waals surface area contributed by atoms with Crippen molar-refractivity contribution >= 4 is 0 Å². The van der Waals surface area contributed by atoms with E-state index < -0.39 is 0 Å². The van der Waals surface area contributed by atoms with Crippen LogP contribution in [-0.4, -0.2) is 0 Å². The van der Waals surface area contributed by atoms with Crippen molar-refractivity contribution in [2.75, 3.05) is 0 Å². The minimum atomic E-state index is 0.781. The topological polar surface area (TPSA) is 0 Å². The highest BCUT2D eigenvalue weighted by Crippen LogP contribution is 2.55. The van der Waals surface area contributed by atoms with Crippen LogP contribution < -0.4 is 0 Å². The average Bonchev–Trinajstić information content (AvgIpc) is 2.73. The maximum atomic E-state index is 2.54. The van der Waals surface area contributed by atoms with Crippen molar-refractivity contribution in [2.24, 2.45) is 29.6 Å². The van der Waals surface area contributed by atoms with Gasteiger partial charge in [-0.1, -0.05) is 49.0 Å². The van der Waals surface area contributed by atoms with Crippen LogP contribution in [0.4, 0.5) is 0 Å². The van der Waals surface area contributed by atoms with E-state index in [1.165, 1.54) is 25.7 Å². The molecule has 0 N–H and O–H groups in total. The number of allylic oxidation sites excluding steroid dienone is 8. The lowest BCUT2D eigenvalue weighted by molar-refractivity contribution is 0.394. The molecule has 0 heterocycles. The molecular weight excluding hydrogens is 216 g/mol. The summed E-state index contributed by atoms with van der Waals surface area (Å²) in [5.74, 6) is 4.00. The second-order valence-electron chi connectivity index (χ2n) is 6.50. The fraction of sp³-hybridized carbons (Fsp3) is 0.556. The van der Waals surface area contributed by atoms with Gasteiger partial charge in [0.05, 0.1) is 0 Å². The van der Waals surface area contributed by atoms with Gasteiger partial charge in [-0.25, -0.2) is 0 Å². The van der Waals surface area contributed by atoms with Crippen LogP contribution in [-0.2, 0) is 0 Å². The van der Waals surface area contributed by atoms with Crippen LogP contribution in [0.1, 0.15) is 32.6 Å². The van der Waals surface area contributed by atoms with Crippen molar-refractivity contribution in [2.45, 2.75) is 32.6 Å². The molecule has 0 spiro atoms. The van der Waals surface area contributed by atoms with Crippen LogP contribution in [0.2, 0.25) is 0 Å². The van der Waals surface area contributed by atoms with Gasteiger partial charge in [-0.2, -0.15) is 0 Å². The Balaban J connectivity index is 1.78. The highest BCUT2D eigenvalue weighted by molar-refractivity contribution is 5.39. The van der Waals surface area contributed by atoms with E-state index in [1.807, 2.05) is 5.57 Å². The highest BCUT2D eigenvalue weighted by atomic mass is 14.5.